The summed E-state index contributed by atoms with van der Waals surface area (Å²) in [6.07, 6.45) is 6.59. The van der Waals surface area contributed by atoms with Crippen LogP contribution in [0.4, 0.5) is 4.39 Å². The Morgan fingerprint density at radius 3 is 2.94 bits per heavy atom. The number of ether oxygens (including phenoxy) is 1. The summed E-state index contributed by atoms with van der Waals surface area (Å²) in [7, 11) is -3.83. The Morgan fingerprint density at radius 2 is 2.19 bits per heavy atom. The molecular weight excluding hydrogens is 425 g/mol. The Bertz CT molecular complexity index is 1140. The Balaban J connectivity index is 1.46. The molecule has 11 heteroatoms. The van der Waals surface area contributed by atoms with Crippen molar-refractivity contribution in [1.82, 2.24) is 24.4 Å². The van der Waals surface area contributed by atoms with Gasteiger partial charge in [-0.2, -0.15) is 9.29 Å². The van der Waals surface area contributed by atoms with Crippen molar-refractivity contribution in [3.63, 3.8) is 0 Å². The Kier molecular flexibility index (Phi) is 6.23. The number of rotatable bonds is 7. The van der Waals surface area contributed by atoms with E-state index < -0.39 is 15.8 Å². The summed E-state index contributed by atoms with van der Waals surface area (Å²) >= 11 is 0. The first kappa shape index (κ1) is 21.3. The second kappa shape index (κ2) is 9.06. The van der Waals surface area contributed by atoms with E-state index in [2.05, 4.69) is 20.1 Å². The number of aromatic nitrogens is 4. The summed E-state index contributed by atoms with van der Waals surface area (Å²) in [6.45, 7) is 2.70. The van der Waals surface area contributed by atoms with Gasteiger partial charge >= 0.3 is 0 Å². The van der Waals surface area contributed by atoms with Gasteiger partial charge in [-0.1, -0.05) is 5.16 Å². The van der Waals surface area contributed by atoms with E-state index in [1.54, 1.807) is 25.5 Å². The summed E-state index contributed by atoms with van der Waals surface area (Å²) < 4.78 is 52.1. The largest absolute Gasteiger partial charge is 0.491 e. The van der Waals surface area contributed by atoms with Crippen LogP contribution in [0.15, 0.2) is 46.2 Å². The highest BCUT2D eigenvalue weighted by Crippen LogP contribution is 2.28. The third kappa shape index (κ3) is 4.72. The molecule has 1 aliphatic heterocycles. The maximum atomic E-state index is 14.2. The molecule has 1 unspecified atom stereocenters. The molecule has 1 aromatic carbocycles. The van der Waals surface area contributed by atoms with E-state index in [0.29, 0.717) is 49.9 Å². The summed E-state index contributed by atoms with van der Waals surface area (Å²) in [5, 5.41) is 3.93. The molecule has 3 heterocycles. The molecule has 0 spiro atoms. The van der Waals surface area contributed by atoms with Gasteiger partial charge in [0, 0.05) is 31.9 Å². The number of benzene rings is 1. The van der Waals surface area contributed by atoms with Crippen LogP contribution in [-0.2, 0) is 16.4 Å². The van der Waals surface area contributed by atoms with Crippen molar-refractivity contribution >= 4 is 10.0 Å². The highest BCUT2D eigenvalue weighted by molar-refractivity contribution is 7.89. The highest BCUT2D eigenvalue weighted by atomic mass is 32.2. The van der Waals surface area contributed by atoms with E-state index in [1.165, 1.54) is 16.4 Å². The van der Waals surface area contributed by atoms with Crippen LogP contribution in [0.5, 0.6) is 5.75 Å². The predicted molar refractivity (Wildman–Crippen MR) is 108 cm³/mol. The lowest BCUT2D eigenvalue weighted by atomic mass is 9.96. The lowest BCUT2D eigenvalue weighted by Gasteiger charge is -2.31. The van der Waals surface area contributed by atoms with E-state index >= 15 is 0 Å². The van der Waals surface area contributed by atoms with Crippen molar-refractivity contribution in [2.75, 3.05) is 19.7 Å². The lowest BCUT2D eigenvalue weighted by Crippen LogP contribution is -2.40. The first-order chi connectivity index (χ1) is 15.0. The van der Waals surface area contributed by atoms with E-state index in [1.807, 2.05) is 0 Å². The molecule has 0 radical (unpaired) electrons. The summed E-state index contributed by atoms with van der Waals surface area (Å²) in [4.78, 5) is 12.4. The zero-order valence-electron chi connectivity index (χ0n) is 16.9. The standard InChI is InChI=1S/C20H22FN5O4S/c1-2-29-18-6-5-15(11-16(18)21)31(27,28)26-9-3-4-14(13-26)10-19-24-20(25-30-19)17-12-22-7-8-23-17/h5-8,11-12,14H,2-4,9-10,13H2,1H3. The van der Waals surface area contributed by atoms with Gasteiger partial charge in [-0.25, -0.2) is 17.8 Å². The molecule has 0 saturated carbocycles. The first-order valence-electron chi connectivity index (χ1n) is 9.99. The van der Waals surface area contributed by atoms with E-state index in [0.717, 1.165) is 12.5 Å². The molecule has 1 aliphatic rings. The van der Waals surface area contributed by atoms with Gasteiger partial charge in [0.25, 0.3) is 0 Å². The fourth-order valence-electron chi connectivity index (χ4n) is 3.58. The van der Waals surface area contributed by atoms with Gasteiger partial charge in [0.1, 0.15) is 5.69 Å². The molecule has 0 N–H and O–H groups in total. The van der Waals surface area contributed by atoms with Gasteiger partial charge in [-0.3, -0.25) is 4.98 Å². The van der Waals surface area contributed by atoms with Crippen LogP contribution < -0.4 is 4.74 Å². The van der Waals surface area contributed by atoms with Gasteiger partial charge < -0.3 is 9.26 Å². The number of halogens is 1. The van der Waals surface area contributed by atoms with Crippen molar-refractivity contribution in [2.45, 2.75) is 31.1 Å². The van der Waals surface area contributed by atoms with Crippen LogP contribution in [-0.4, -0.2) is 52.5 Å². The van der Waals surface area contributed by atoms with E-state index in [-0.39, 0.29) is 16.6 Å². The highest BCUT2D eigenvalue weighted by Gasteiger charge is 2.31. The SMILES string of the molecule is CCOc1ccc(S(=O)(=O)N2CCCC(Cc3nc(-c4cnccn4)no3)C2)cc1F. The van der Waals surface area contributed by atoms with Crippen molar-refractivity contribution in [1.29, 1.82) is 0 Å². The maximum absolute atomic E-state index is 14.2. The molecule has 31 heavy (non-hydrogen) atoms. The van der Waals surface area contributed by atoms with Gasteiger partial charge in [-0.05, 0) is 43.9 Å². The van der Waals surface area contributed by atoms with Gasteiger partial charge in [0.15, 0.2) is 11.6 Å². The molecule has 0 aliphatic carbocycles. The molecule has 0 bridgehead atoms. The zero-order valence-corrected chi connectivity index (χ0v) is 17.8. The van der Waals surface area contributed by atoms with Gasteiger partial charge in [-0.15, -0.1) is 0 Å². The topological polar surface area (TPSA) is 111 Å². The van der Waals surface area contributed by atoms with Crippen LogP contribution in [0.2, 0.25) is 0 Å². The molecule has 164 valence electrons. The molecule has 0 amide bonds. The number of piperidine rings is 1. The Hall–Kier alpha value is -2.92. The van der Waals surface area contributed by atoms with Crippen LogP contribution in [0.3, 0.4) is 0 Å². The van der Waals surface area contributed by atoms with E-state index in [9.17, 15) is 12.8 Å². The second-order valence-corrected chi connectivity index (χ2v) is 9.14. The minimum absolute atomic E-state index is 0.00577. The minimum Gasteiger partial charge on any atom is -0.491 e. The second-order valence-electron chi connectivity index (χ2n) is 7.20. The summed E-state index contributed by atoms with van der Waals surface area (Å²) in [5.41, 5.74) is 0.503. The minimum atomic E-state index is -3.83. The number of hydrogen-bond donors (Lipinski definition) is 0. The number of nitrogens with zero attached hydrogens (tertiary/aromatic N) is 5. The average Bonchev–Trinajstić information content (AvgIpc) is 3.24. The van der Waals surface area contributed by atoms with Crippen LogP contribution in [0, 0.1) is 11.7 Å². The predicted octanol–water partition coefficient (Wildman–Crippen LogP) is 2.71. The third-order valence-corrected chi connectivity index (χ3v) is 6.91. The zero-order chi connectivity index (χ0) is 21.8. The van der Waals surface area contributed by atoms with Gasteiger partial charge in [0.2, 0.25) is 21.7 Å². The maximum Gasteiger partial charge on any atom is 0.243 e. The van der Waals surface area contributed by atoms with Crippen molar-refractivity contribution < 1.29 is 22.1 Å². The third-order valence-electron chi connectivity index (χ3n) is 5.05. The molecule has 4 rings (SSSR count). The van der Waals surface area contributed by atoms with E-state index in [4.69, 9.17) is 9.26 Å². The molecule has 9 nitrogen and oxygen atoms in total. The average molecular weight is 447 g/mol. The summed E-state index contributed by atoms with van der Waals surface area (Å²) in [5.74, 6) is 0.101. The summed E-state index contributed by atoms with van der Waals surface area (Å²) in [6, 6.07) is 3.73. The molecule has 1 fully saturated rings. The first-order valence-corrected chi connectivity index (χ1v) is 11.4. The van der Waals surface area contributed by atoms with Gasteiger partial charge in [0.05, 0.1) is 17.7 Å². The number of sulfonamides is 1. The van der Waals surface area contributed by atoms with Crippen molar-refractivity contribution in [3.8, 4) is 17.3 Å². The molecular formula is C20H22FN5O4S. The normalized spacial score (nSPS) is 17.5. The number of hydrogen-bond acceptors (Lipinski definition) is 8. The Morgan fingerprint density at radius 1 is 1.32 bits per heavy atom. The molecule has 3 aromatic rings. The van der Waals surface area contributed by atoms with Crippen LogP contribution in [0.25, 0.3) is 11.5 Å². The van der Waals surface area contributed by atoms with Crippen molar-refractivity contribution in [3.05, 3.63) is 48.5 Å². The van der Waals surface area contributed by atoms with Crippen LogP contribution in [0.1, 0.15) is 25.7 Å². The molecule has 1 atom stereocenters. The lowest BCUT2D eigenvalue weighted by molar-refractivity contribution is 0.247. The fourth-order valence-corrected chi connectivity index (χ4v) is 5.15. The Labute approximate surface area is 179 Å². The van der Waals surface area contributed by atoms with Crippen molar-refractivity contribution in [2.24, 2.45) is 5.92 Å². The molecule has 2 aromatic heterocycles. The van der Waals surface area contributed by atoms with Crippen LogP contribution >= 0.6 is 0 Å². The monoisotopic (exact) mass is 447 g/mol. The smallest absolute Gasteiger partial charge is 0.243 e. The fraction of sp³-hybridized carbons (Fsp3) is 0.400. The molecule has 1 saturated heterocycles. The quantitative estimate of drug-likeness (QED) is 0.544.